The highest BCUT2D eigenvalue weighted by atomic mass is 16.6. The van der Waals surface area contributed by atoms with Gasteiger partial charge in [-0.05, 0) is 31.9 Å². The quantitative estimate of drug-likeness (QED) is 0.693. The van der Waals surface area contributed by atoms with Crippen molar-refractivity contribution in [2.75, 3.05) is 11.9 Å². The van der Waals surface area contributed by atoms with Crippen molar-refractivity contribution < 1.29 is 9.66 Å². The predicted octanol–water partition coefficient (Wildman–Crippen LogP) is 3.12. The number of nitrogens with zero attached hydrogens (tertiary/aromatic N) is 2. The molecule has 1 aromatic heterocycles. The summed E-state index contributed by atoms with van der Waals surface area (Å²) < 4.78 is 5.54. The summed E-state index contributed by atoms with van der Waals surface area (Å²) in [7, 11) is 0. The Balaban J connectivity index is 1.96. The van der Waals surface area contributed by atoms with Gasteiger partial charge < -0.3 is 10.1 Å². The van der Waals surface area contributed by atoms with Crippen LogP contribution in [0, 0.1) is 10.1 Å². The van der Waals surface area contributed by atoms with Gasteiger partial charge in [0.25, 0.3) is 5.69 Å². The number of aromatic nitrogens is 1. The van der Waals surface area contributed by atoms with Crippen LogP contribution in [-0.4, -0.2) is 28.7 Å². The average Bonchev–Trinajstić information content (AvgIpc) is 2.47. The van der Waals surface area contributed by atoms with E-state index in [1.807, 2.05) is 6.07 Å². The molecular formula is C15H17N3O3. The van der Waals surface area contributed by atoms with Crippen LogP contribution in [0.15, 0.2) is 30.6 Å². The molecule has 1 N–H and O–H groups in total. The molecule has 2 aromatic rings. The Kier molecular flexibility index (Phi) is 3.70. The SMILES string of the molecule is CC1CC(Nc2ccc([N+](=O)[O-])c3cnccc23)CCO1. The maximum Gasteiger partial charge on any atom is 0.278 e. The van der Waals surface area contributed by atoms with Crippen molar-refractivity contribution in [2.24, 2.45) is 0 Å². The van der Waals surface area contributed by atoms with Gasteiger partial charge in [-0.3, -0.25) is 15.1 Å². The molecule has 2 unspecified atom stereocenters. The van der Waals surface area contributed by atoms with Gasteiger partial charge in [-0.25, -0.2) is 0 Å². The van der Waals surface area contributed by atoms with Crippen LogP contribution in [0.25, 0.3) is 10.8 Å². The van der Waals surface area contributed by atoms with E-state index in [0.717, 1.165) is 30.5 Å². The number of fused-ring (bicyclic) bond motifs is 1. The number of anilines is 1. The largest absolute Gasteiger partial charge is 0.382 e. The summed E-state index contributed by atoms with van der Waals surface area (Å²) in [5.41, 5.74) is 1.00. The Hall–Kier alpha value is -2.21. The number of hydrogen-bond acceptors (Lipinski definition) is 5. The number of non-ortho nitro benzene ring substituents is 1. The number of benzene rings is 1. The molecule has 0 aliphatic carbocycles. The van der Waals surface area contributed by atoms with E-state index >= 15 is 0 Å². The van der Waals surface area contributed by atoms with E-state index in [1.54, 1.807) is 18.5 Å². The fraction of sp³-hybridized carbons (Fsp3) is 0.400. The molecule has 1 aliphatic rings. The van der Waals surface area contributed by atoms with Gasteiger partial charge in [0.05, 0.1) is 16.4 Å². The van der Waals surface area contributed by atoms with Gasteiger partial charge >= 0.3 is 0 Å². The normalized spacial score (nSPS) is 22.1. The highest BCUT2D eigenvalue weighted by molar-refractivity contribution is 5.99. The lowest BCUT2D eigenvalue weighted by molar-refractivity contribution is -0.383. The highest BCUT2D eigenvalue weighted by Crippen LogP contribution is 2.32. The molecule has 6 heteroatoms. The number of nitrogens with one attached hydrogen (secondary N) is 1. The van der Waals surface area contributed by atoms with E-state index in [2.05, 4.69) is 17.2 Å². The number of nitro benzene ring substituents is 1. The second-order valence-corrected chi connectivity index (χ2v) is 5.36. The third-order valence-corrected chi connectivity index (χ3v) is 3.84. The van der Waals surface area contributed by atoms with E-state index in [1.165, 1.54) is 6.07 Å². The van der Waals surface area contributed by atoms with Crippen molar-refractivity contribution in [1.29, 1.82) is 0 Å². The molecule has 2 atom stereocenters. The van der Waals surface area contributed by atoms with E-state index < -0.39 is 0 Å². The Morgan fingerprint density at radius 2 is 2.24 bits per heavy atom. The summed E-state index contributed by atoms with van der Waals surface area (Å²) in [6, 6.07) is 5.45. The van der Waals surface area contributed by atoms with Crippen molar-refractivity contribution in [1.82, 2.24) is 4.98 Å². The monoisotopic (exact) mass is 287 g/mol. The van der Waals surface area contributed by atoms with Crippen LogP contribution < -0.4 is 5.32 Å². The van der Waals surface area contributed by atoms with Gasteiger partial charge in [0, 0.05) is 42.2 Å². The minimum atomic E-state index is -0.371. The highest BCUT2D eigenvalue weighted by Gasteiger charge is 2.21. The average molecular weight is 287 g/mol. The first-order valence-corrected chi connectivity index (χ1v) is 7.04. The minimum absolute atomic E-state index is 0.0870. The molecule has 0 amide bonds. The van der Waals surface area contributed by atoms with Crippen molar-refractivity contribution in [3.63, 3.8) is 0 Å². The molecule has 110 valence electrons. The van der Waals surface area contributed by atoms with Gasteiger partial charge in [0.2, 0.25) is 0 Å². The van der Waals surface area contributed by atoms with Crippen molar-refractivity contribution in [2.45, 2.75) is 31.9 Å². The smallest absolute Gasteiger partial charge is 0.278 e. The van der Waals surface area contributed by atoms with Crippen LogP contribution in [0.4, 0.5) is 11.4 Å². The number of rotatable bonds is 3. The van der Waals surface area contributed by atoms with E-state index in [9.17, 15) is 10.1 Å². The molecule has 1 saturated heterocycles. The minimum Gasteiger partial charge on any atom is -0.382 e. The van der Waals surface area contributed by atoms with Crippen LogP contribution >= 0.6 is 0 Å². The van der Waals surface area contributed by atoms with Crippen LogP contribution in [0.1, 0.15) is 19.8 Å². The lowest BCUT2D eigenvalue weighted by Crippen LogP contribution is -2.32. The van der Waals surface area contributed by atoms with Gasteiger partial charge in [-0.15, -0.1) is 0 Å². The van der Waals surface area contributed by atoms with Crippen molar-refractivity contribution in [3.05, 3.63) is 40.7 Å². The van der Waals surface area contributed by atoms with Crippen LogP contribution in [0.5, 0.6) is 0 Å². The standard InChI is InChI=1S/C15H17N3O3/c1-10-8-11(5-7-21-10)17-14-2-3-15(18(19)20)13-9-16-6-4-12(13)14/h2-4,6,9-11,17H,5,7-8H2,1H3. The zero-order valence-electron chi connectivity index (χ0n) is 11.8. The molecule has 2 heterocycles. The molecule has 1 aliphatic heterocycles. The predicted molar refractivity (Wildman–Crippen MR) is 80.5 cm³/mol. The third-order valence-electron chi connectivity index (χ3n) is 3.84. The summed E-state index contributed by atoms with van der Waals surface area (Å²) in [6.45, 7) is 2.80. The molecule has 3 rings (SSSR count). The Labute approximate surface area is 122 Å². The number of hydrogen-bond donors (Lipinski definition) is 1. The zero-order valence-corrected chi connectivity index (χ0v) is 11.8. The first-order valence-electron chi connectivity index (χ1n) is 7.04. The van der Waals surface area contributed by atoms with Crippen LogP contribution in [-0.2, 0) is 4.74 Å². The summed E-state index contributed by atoms with van der Waals surface area (Å²) in [5.74, 6) is 0. The lowest BCUT2D eigenvalue weighted by atomic mass is 10.0. The second-order valence-electron chi connectivity index (χ2n) is 5.36. The molecule has 0 saturated carbocycles. The van der Waals surface area contributed by atoms with Crippen LogP contribution in [0.3, 0.4) is 0 Å². The van der Waals surface area contributed by atoms with Gasteiger partial charge in [0.1, 0.15) is 0 Å². The Morgan fingerprint density at radius 3 is 3.00 bits per heavy atom. The fourth-order valence-corrected chi connectivity index (χ4v) is 2.81. The number of pyridine rings is 1. The fourth-order valence-electron chi connectivity index (χ4n) is 2.81. The molecule has 1 aromatic carbocycles. The molecule has 21 heavy (non-hydrogen) atoms. The Bertz CT molecular complexity index is 674. The lowest BCUT2D eigenvalue weighted by Gasteiger charge is -2.29. The summed E-state index contributed by atoms with van der Waals surface area (Å²) in [6.07, 6.45) is 5.31. The van der Waals surface area contributed by atoms with Gasteiger partial charge in [-0.1, -0.05) is 0 Å². The molecule has 0 bridgehead atoms. The summed E-state index contributed by atoms with van der Waals surface area (Å²) >= 11 is 0. The molecular weight excluding hydrogens is 270 g/mol. The number of nitro groups is 1. The maximum absolute atomic E-state index is 11.1. The molecule has 0 radical (unpaired) electrons. The van der Waals surface area contributed by atoms with Gasteiger partial charge in [0.15, 0.2) is 0 Å². The van der Waals surface area contributed by atoms with Crippen molar-refractivity contribution in [3.8, 4) is 0 Å². The van der Waals surface area contributed by atoms with Crippen LogP contribution in [0.2, 0.25) is 0 Å². The third kappa shape index (κ3) is 2.80. The van der Waals surface area contributed by atoms with E-state index in [4.69, 9.17) is 4.74 Å². The first kappa shape index (κ1) is 13.8. The number of ether oxygens (including phenoxy) is 1. The first-order chi connectivity index (χ1) is 10.1. The summed E-state index contributed by atoms with van der Waals surface area (Å²) in [4.78, 5) is 14.7. The maximum atomic E-state index is 11.1. The zero-order chi connectivity index (χ0) is 14.8. The molecule has 6 nitrogen and oxygen atoms in total. The summed E-state index contributed by atoms with van der Waals surface area (Å²) in [5, 5.41) is 16.0. The van der Waals surface area contributed by atoms with E-state index in [0.29, 0.717) is 11.4 Å². The topological polar surface area (TPSA) is 77.3 Å². The molecule has 1 fully saturated rings. The van der Waals surface area contributed by atoms with Gasteiger partial charge in [-0.2, -0.15) is 0 Å². The second kappa shape index (κ2) is 5.65. The Morgan fingerprint density at radius 1 is 1.38 bits per heavy atom. The van der Waals surface area contributed by atoms with Crippen molar-refractivity contribution >= 4 is 22.1 Å². The molecule has 0 spiro atoms. The van der Waals surface area contributed by atoms with E-state index in [-0.39, 0.29) is 16.7 Å².